The van der Waals surface area contributed by atoms with E-state index >= 15 is 0 Å². The van der Waals surface area contributed by atoms with Crippen LogP contribution < -0.4 is 22.1 Å². The number of allylic oxidation sites excluding steroid dienone is 1. The summed E-state index contributed by atoms with van der Waals surface area (Å²) in [4.78, 5) is 29.9. The number of hydrogen-bond acceptors (Lipinski definition) is 7. The Bertz CT molecular complexity index is 935. The Morgan fingerprint density at radius 1 is 1.16 bits per heavy atom. The highest BCUT2D eigenvalue weighted by atomic mass is 32.2. The van der Waals surface area contributed by atoms with E-state index < -0.39 is 5.91 Å². The van der Waals surface area contributed by atoms with Gasteiger partial charge in [-0.05, 0) is 78.6 Å². The number of carbonyl (C=O) groups is 2. The standard InChI is InChI=1S/C17H32N4OS.C10H12N2O.C2H6/c1-6-13(11-12-18-2)20-17(23-5)16(22)19-14-7-9-15(10-8-14)21(3)4;1-7-3-2-4-8(5-7)6-9(11)10(12)13;1-2/h6,14-15,18H,7-12H2,1-5H3,(H,19,22);2-6H,11H2,1H3,(H2,12,13);1-2H3/b13-6+,20-17?;9-6-;. The molecule has 1 saturated carbocycles. The third kappa shape index (κ3) is 14.4. The Hall–Kier alpha value is -2.62. The average molecular weight is 547 g/mol. The van der Waals surface area contributed by atoms with Gasteiger partial charge in [-0.15, -0.1) is 11.8 Å². The molecule has 0 aliphatic heterocycles. The number of nitrogens with zero attached hydrogens (tertiary/aromatic N) is 2. The predicted molar refractivity (Wildman–Crippen MR) is 165 cm³/mol. The number of primary amides is 1. The molecule has 0 heterocycles. The van der Waals surface area contributed by atoms with Crippen molar-refractivity contribution >= 4 is 34.7 Å². The molecule has 9 heteroatoms. The SMILES string of the molecule is C/C=C(\CCNC)N=C(SC)C(=O)NC1CCC(N(C)C)CC1.CC.Cc1cccc(/C=C(\N)C(N)=O)c1. The molecule has 0 unspecified atom stereocenters. The lowest BCUT2D eigenvalue weighted by molar-refractivity contribution is -0.115. The van der Waals surface area contributed by atoms with Gasteiger partial charge in [-0.1, -0.05) is 49.8 Å². The summed E-state index contributed by atoms with van der Waals surface area (Å²) in [6, 6.07) is 8.58. The molecule has 1 aliphatic rings. The van der Waals surface area contributed by atoms with E-state index in [1.807, 2.05) is 71.3 Å². The minimum absolute atomic E-state index is 0.0328. The molecular weight excluding hydrogens is 496 g/mol. The number of nitrogens with two attached hydrogens (primary N) is 2. The molecule has 0 saturated heterocycles. The summed E-state index contributed by atoms with van der Waals surface area (Å²) >= 11 is 1.42. The predicted octanol–water partition coefficient (Wildman–Crippen LogP) is 4.06. The molecular formula is C29H50N6O2S. The van der Waals surface area contributed by atoms with Crippen molar-refractivity contribution in [2.45, 2.75) is 71.9 Å². The quantitative estimate of drug-likeness (QED) is 0.221. The Kier molecular flexibility index (Phi) is 19.0. The topological polar surface area (TPSA) is 126 Å². The summed E-state index contributed by atoms with van der Waals surface area (Å²) in [6.07, 6.45) is 10.7. The fourth-order valence-electron chi connectivity index (χ4n) is 3.83. The molecule has 2 amide bonds. The molecule has 0 radical (unpaired) electrons. The molecule has 6 N–H and O–H groups in total. The summed E-state index contributed by atoms with van der Waals surface area (Å²) < 4.78 is 0. The van der Waals surface area contributed by atoms with Crippen molar-refractivity contribution in [3.8, 4) is 0 Å². The number of rotatable bonds is 8. The van der Waals surface area contributed by atoms with Gasteiger partial charge in [0.2, 0.25) is 0 Å². The van der Waals surface area contributed by atoms with Gasteiger partial charge >= 0.3 is 0 Å². The largest absolute Gasteiger partial charge is 0.394 e. The number of benzene rings is 1. The monoisotopic (exact) mass is 546 g/mol. The van der Waals surface area contributed by atoms with Gasteiger partial charge in [0.15, 0.2) is 5.04 Å². The van der Waals surface area contributed by atoms with Crippen molar-refractivity contribution < 1.29 is 9.59 Å². The lowest BCUT2D eigenvalue weighted by Crippen LogP contribution is -2.43. The van der Waals surface area contributed by atoms with Crippen LogP contribution in [-0.2, 0) is 9.59 Å². The van der Waals surface area contributed by atoms with Gasteiger partial charge in [0.1, 0.15) is 0 Å². The van der Waals surface area contributed by atoms with E-state index in [-0.39, 0.29) is 17.6 Å². The van der Waals surface area contributed by atoms with E-state index in [2.05, 4.69) is 34.6 Å². The Balaban J connectivity index is 0.000000770. The van der Waals surface area contributed by atoms with E-state index in [1.54, 1.807) is 6.08 Å². The van der Waals surface area contributed by atoms with E-state index in [0.717, 1.165) is 55.5 Å². The summed E-state index contributed by atoms with van der Waals surface area (Å²) in [6.45, 7) is 8.80. The first-order valence-corrected chi connectivity index (χ1v) is 14.6. The van der Waals surface area contributed by atoms with E-state index in [1.165, 1.54) is 11.8 Å². The third-order valence-electron chi connectivity index (χ3n) is 6.01. The fraction of sp³-hybridized carbons (Fsp3) is 0.552. The van der Waals surface area contributed by atoms with E-state index in [4.69, 9.17) is 11.5 Å². The molecule has 0 bridgehead atoms. The van der Waals surface area contributed by atoms with Crippen LogP contribution in [0.15, 0.2) is 46.7 Å². The van der Waals surface area contributed by atoms with Crippen molar-refractivity contribution in [1.82, 2.24) is 15.5 Å². The van der Waals surface area contributed by atoms with Crippen LogP contribution in [0.1, 0.15) is 64.0 Å². The van der Waals surface area contributed by atoms with Gasteiger partial charge in [-0.2, -0.15) is 0 Å². The molecule has 38 heavy (non-hydrogen) atoms. The second kappa shape index (κ2) is 20.4. The number of nitrogens with one attached hydrogen (secondary N) is 2. The van der Waals surface area contributed by atoms with E-state index in [0.29, 0.717) is 11.1 Å². The van der Waals surface area contributed by atoms with Gasteiger partial charge in [-0.3, -0.25) is 9.59 Å². The summed E-state index contributed by atoms with van der Waals surface area (Å²) in [5, 5.41) is 6.83. The van der Waals surface area contributed by atoms with Gasteiger partial charge in [-0.25, -0.2) is 4.99 Å². The normalized spacial score (nSPS) is 18.1. The maximum absolute atomic E-state index is 12.5. The van der Waals surface area contributed by atoms with Crippen molar-refractivity contribution in [3.05, 3.63) is 52.9 Å². The number of hydrogen-bond donors (Lipinski definition) is 4. The highest BCUT2D eigenvalue weighted by molar-refractivity contribution is 8.15. The molecule has 8 nitrogen and oxygen atoms in total. The maximum atomic E-state index is 12.5. The molecule has 1 fully saturated rings. The van der Waals surface area contributed by atoms with Gasteiger partial charge < -0.3 is 27.0 Å². The van der Waals surface area contributed by atoms with Crippen LogP contribution in [0.5, 0.6) is 0 Å². The Morgan fingerprint density at radius 3 is 2.26 bits per heavy atom. The molecule has 1 aromatic rings. The smallest absolute Gasteiger partial charge is 0.276 e. The van der Waals surface area contributed by atoms with Crippen LogP contribution in [0.25, 0.3) is 6.08 Å². The average Bonchev–Trinajstić information content (AvgIpc) is 2.90. The second-order valence-electron chi connectivity index (χ2n) is 9.08. The molecule has 0 atom stereocenters. The summed E-state index contributed by atoms with van der Waals surface area (Å²) in [7, 11) is 6.18. The van der Waals surface area contributed by atoms with Crippen LogP contribution in [0.3, 0.4) is 0 Å². The molecule has 1 aliphatic carbocycles. The second-order valence-corrected chi connectivity index (χ2v) is 9.87. The zero-order chi connectivity index (χ0) is 29.1. The number of carbonyl (C=O) groups excluding carboxylic acids is 2. The minimum Gasteiger partial charge on any atom is -0.394 e. The molecule has 2 rings (SSSR count). The summed E-state index contributed by atoms with van der Waals surface area (Å²) in [5.74, 6) is -0.629. The Morgan fingerprint density at radius 2 is 1.79 bits per heavy atom. The van der Waals surface area contributed by atoms with Crippen LogP contribution >= 0.6 is 11.8 Å². The van der Waals surface area contributed by atoms with Crippen molar-refractivity contribution in [2.75, 3.05) is 33.9 Å². The van der Waals surface area contributed by atoms with Gasteiger partial charge in [0, 0.05) is 30.7 Å². The number of thioether (sulfide) groups is 1. The molecule has 0 aromatic heterocycles. The fourth-order valence-corrected chi connectivity index (χ4v) is 4.28. The van der Waals surface area contributed by atoms with Crippen LogP contribution in [0, 0.1) is 6.92 Å². The molecule has 214 valence electrons. The van der Waals surface area contributed by atoms with Gasteiger partial charge in [0.05, 0.1) is 5.70 Å². The Labute approximate surface area is 234 Å². The highest BCUT2D eigenvalue weighted by Gasteiger charge is 2.24. The van der Waals surface area contributed by atoms with Gasteiger partial charge in [0.25, 0.3) is 11.8 Å². The zero-order valence-electron chi connectivity index (χ0n) is 24.6. The maximum Gasteiger partial charge on any atom is 0.276 e. The number of aliphatic imine (C=N–C) groups is 1. The van der Waals surface area contributed by atoms with Crippen molar-refractivity contribution in [3.63, 3.8) is 0 Å². The van der Waals surface area contributed by atoms with Crippen LogP contribution in [0.2, 0.25) is 0 Å². The van der Waals surface area contributed by atoms with Crippen LogP contribution in [0.4, 0.5) is 0 Å². The lowest BCUT2D eigenvalue weighted by atomic mass is 9.90. The van der Waals surface area contributed by atoms with Crippen LogP contribution in [-0.4, -0.2) is 67.8 Å². The lowest BCUT2D eigenvalue weighted by Gasteiger charge is -2.32. The van der Waals surface area contributed by atoms with Crippen molar-refractivity contribution in [1.29, 1.82) is 0 Å². The van der Waals surface area contributed by atoms with E-state index in [9.17, 15) is 9.59 Å². The zero-order valence-corrected chi connectivity index (χ0v) is 25.5. The number of amides is 2. The molecule has 1 aromatic carbocycles. The van der Waals surface area contributed by atoms with Crippen molar-refractivity contribution in [2.24, 2.45) is 16.5 Å². The summed E-state index contributed by atoms with van der Waals surface area (Å²) in [5.41, 5.74) is 13.4. The number of aryl methyl sites for hydroxylation is 1. The first kappa shape index (κ1) is 35.4. The molecule has 0 spiro atoms. The third-order valence-corrected chi connectivity index (χ3v) is 6.67. The first-order valence-electron chi connectivity index (χ1n) is 13.3. The minimum atomic E-state index is -0.596. The first-order chi connectivity index (χ1) is 18.1. The highest BCUT2D eigenvalue weighted by Crippen LogP contribution is 2.22.